The molecule has 30 heavy (non-hydrogen) atoms. The Hall–Kier alpha value is -1.79. The number of fused-ring (bicyclic) bond motifs is 1. The van der Waals surface area contributed by atoms with E-state index in [0.29, 0.717) is 0 Å². The van der Waals surface area contributed by atoms with Crippen LogP contribution in [0.5, 0.6) is 0 Å². The lowest BCUT2D eigenvalue weighted by Gasteiger charge is -2.39. The number of anilines is 1. The summed E-state index contributed by atoms with van der Waals surface area (Å²) in [5.41, 5.74) is 0.959. The highest BCUT2D eigenvalue weighted by Gasteiger charge is 2.27. The Balaban J connectivity index is 1.20. The lowest BCUT2D eigenvalue weighted by atomic mass is 9.85. The van der Waals surface area contributed by atoms with Crippen LogP contribution in [0.25, 0.3) is 10.1 Å². The first-order valence-electron chi connectivity index (χ1n) is 11.3. The molecule has 1 aliphatic heterocycles. The van der Waals surface area contributed by atoms with Crippen LogP contribution in [-0.2, 0) is 4.74 Å². The molecular formula is C24H35N3O2S. The molecule has 2 aromatic rings. The summed E-state index contributed by atoms with van der Waals surface area (Å²) >= 11 is 1.82. The quantitative estimate of drug-likeness (QED) is 0.734. The number of benzene rings is 1. The van der Waals surface area contributed by atoms with Crippen LogP contribution in [0.2, 0.25) is 0 Å². The predicted molar refractivity (Wildman–Crippen MR) is 126 cm³/mol. The summed E-state index contributed by atoms with van der Waals surface area (Å²) in [6.45, 7) is 11.4. The number of amides is 1. The molecule has 1 N–H and O–H groups in total. The Kier molecular flexibility index (Phi) is 6.54. The molecule has 2 heterocycles. The Morgan fingerprint density at radius 3 is 2.53 bits per heavy atom. The zero-order chi connectivity index (χ0) is 21.1. The molecule has 1 amide bonds. The maximum Gasteiger partial charge on any atom is 0.407 e. The van der Waals surface area contributed by atoms with E-state index in [1.165, 1.54) is 35.2 Å². The van der Waals surface area contributed by atoms with Gasteiger partial charge in [-0.1, -0.05) is 6.07 Å². The van der Waals surface area contributed by atoms with Crippen molar-refractivity contribution < 1.29 is 9.53 Å². The number of nitrogens with zero attached hydrogens (tertiary/aromatic N) is 2. The first kappa shape index (κ1) is 21.4. The SMILES string of the molecule is CC(C)(C)OC(=O)NC1CCC(CN2CCN(c3cccc4sccc34)CC2)CC1. The van der Waals surface area contributed by atoms with Crippen LogP contribution in [0, 0.1) is 5.92 Å². The Morgan fingerprint density at radius 1 is 1.10 bits per heavy atom. The molecular weight excluding hydrogens is 394 g/mol. The van der Waals surface area contributed by atoms with Crippen LogP contribution in [0.1, 0.15) is 46.5 Å². The molecule has 1 aliphatic carbocycles. The zero-order valence-corrected chi connectivity index (χ0v) is 19.3. The van der Waals surface area contributed by atoms with E-state index in [-0.39, 0.29) is 12.1 Å². The normalized spacial score (nSPS) is 23.5. The van der Waals surface area contributed by atoms with Gasteiger partial charge in [0.1, 0.15) is 5.60 Å². The van der Waals surface area contributed by atoms with Gasteiger partial charge in [-0.25, -0.2) is 4.79 Å². The second-order valence-electron chi connectivity index (χ2n) is 9.76. The van der Waals surface area contributed by atoms with Crippen molar-refractivity contribution in [3.8, 4) is 0 Å². The first-order valence-corrected chi connectivity index (χ1v) is 12.2. The predicted octanol–water partition coefficient (Wildman–Crippen LogP) is 5.11. The molecule has 6 heteroatoms. The van der Waals surface area contributed by atoms with Crippen LogP contribution in [0.3, 0.4) is 0 Å². The summed E-state index contributed by atoms with van der Waals surface area (Å²) in [6, 6.07) is 9.19. The number of hydrogen-bond acceptors (Lipinski definition) is 5. The third kappa shape index (κ3) is 5.46. The average Bonchev–Trinajstić information content (AvgIpc) is 3.18. The largest absolute Gasteiger partial charge is 0.444 e. The minimum absolute atomic E-state index is 0.263. The Morgan fingerprint density at radius 2 is 1.83 bits per heavy atom. The van der Waals surface area contributed by atoms with Crippen molar-refractivity contribution in [1.29, 1.82) is 0 Å². The number of thiophene rings is 1. The van der Waals surface area contributed by atoms with Gasteiger partial charge < -0.3 is 15.0 Å². The summed E-state index contributed by atoms with van der Waals surface area (Å²) in [5, 5.41) is 6.64. The topological polar surface area (TPSA) is 44.8 Å². The summed E-state index contributed by atoms with van der Waals surface area (Å²) in [6.07, 6.45) is 4.22. The van der Waals surface area contributed by atoms with Gasteiger partial charge >= 0.3 is 6.09 Å². The molecule has 0 spiro atoms. The smallest absolute Gasteiger partial charge is 0.407 e. The van der Waals surface area contributed by atoms with Crippen molar-refractivity contribution >= 4 is 33.2 Å². The van der Waals surface area contributed by atoms with Gasteiger partial charge in [-0.05, 0) is 76.0 Å². The van der Waals surface area contributed by atoms with Crippen molar-refractivity contribution in [2.45, 2.75) is 58.1 Å². The van der Waals surface area contributed by atoms with Gasteiger partial charge in [0, 0.05) is 54.5 Å². The van der Waals surface area contributed by atoms with Crippen molar-refractivity contribution in [3.63, 3.8) is 0 Å². The van der Waals surface area contributed by atoms with Crippen LogP contribution in [0.15, 0.2) is 29.6 Å². The van der Waals surface area contributed by atoms with E-state index in [4.69, 9.17) is 4.74 Å². The fraction of sp³-hybridized carbons (Fsp3) is 0.625. The molecule has 0 bridgehead atoms. The van der Waals surface area contributed by atoms with Gasteiger partial charge in [0.05, 0.1) is 0 Å². The Bertz CT molecular complexity index is 843. The lowest BCUT2D eigenvalue weighted by Crippen LogP contribution is -2.48. The van der Waals surface area contributed by atoms with Crippen LogP contribution >= 0.6 is 11.3 Å². The third-order valence-electron chi connectivity index (χ3n) is 6.27. The van der Waals surface area contributed by atoms with Crippen molar-refractivity contribution in [3.05, 3.63) is 29.6 Å². The van der Waals surface area contributed by atoms with Crippen LogP contribution in [0.4, 0.5) is 10.5 Å². The van der Waals surface area contributed by atoms with Crippen LogP contribution in [-0.4, -0.2) is 55.4 Å². The van der Waals surface area contributed by atoms with E-state index in [1.807, 2.05) is 32.1 Å². The highest BCUT2D eigenvalue weighted by molar-refractivity contribution is 7.17. The molecule has 2 fully saturated rings. The fourth-order valence-corrected chi connectivity index (χ4v) is 5.56. The number of ether oxygens (including phenoxy) is 1. The molecule has 5 nitrogen and oxygen atoms in total. The van der Waals surface area contributed by atoms with Crippen molar-refractivity contribution in [1.82, 2.24) is 10.2 Å². The molecule has 164 valence electrons. The average molecular weight is 430 g/mol. The molecule has 1 aromatic heterocycles. The van der Waals surface area contributed by atoms with E-state index in [0.717, 1.165) is 44.9 Å². The second kappa shape index (κ2) is 9.15. The van der Waals surface area contributed by atoms with Crippen molar-refractivity contribution in [2.24, 2.45) is 5.92 Å². The molecule has 0 atom stereocenters. The molecule has 1 saturated heterocycles. The third-order valence-corrected chi connectivity index (χ3v) is 7.15. The Labute approximate surface area is 184 Å². The maximum atomic E-state index is 12.0. The molecule has 0 unspecified atom stereocenters. The highest BCUT2D eigenvalue weighted by Crippen LogP contribution is 2.31. The molecule has 2 aliphatic rings. The minimum Gasteiger partial charge on any atom is -0.444 e. The van der Waals surface area contributed by atoms with Gasteiger partial charge in [-0.15, -0.1) is 11.3 Å². The number of alkyl carbamates (subject to hydrolysis) is 1. The maximum absolute atomic E-state index is 12.0. The lowest BCUT2D eigenvalue weighted by molar-refractivity contribution is 0.0483. The number of rotatable bonds is 4. The number of hydrogen-bond donors (Lipinski definition) is 1. The molecule has 1 aromatic carbocycles. The van der Waals surface area contributed by atoms with Crippen LogP contribution < -0.4 is 10.2 Å². The second-order valence-corrected chi connectivity index (χ2v) is 10.7. The molecule has 0 radical (unpaired) electrons. The highest BCUT2D eigenvalue weighted by atomic mass is 32.1. The summed E-state index contributed by atoms with van der Waals surface area (Å²) in [5.74, 6) is 0.744. The van der Waals surface area contributed by atoms with Crippen molar-refractivity contribution in [2.75, 3.05) is 37.6 Å². The van der Waals surface area contributed by atoms with Gasteiger partial charge in [0.25, 0.3) is 0 Å². The first-order chi connectivity index (χ1) is 14.4. The standard InChI is InChI=1S/C24H35N3O2S/c1-24(2,3)29-23(28)25-19-9-7-18(8-10-19)17-26-12-14-27(15-13-26)21-5-4-6-22-20(21)11-16-30-22/h4-6,11,16,18-19H,7-10,12-15,17H2,1-3H3,(H,25,28). The monoisotopic (exact) mass is 429 g/mol. The fourth-order valence-electron chi connectivity index (χ4n) is 4.75. The van der Waals surface area contributed by atoms with E-state index >= 15 is 0 Å². The zero-order valence-electron chi connectivity index (χ0n) is 18.5. The number of carbonyl (C=O) groups excluding carboxylic acids is 1. The summed E-state index contributed by atoms with van der Waals surface area (Å²) in [4.78, 5) is 17.2. The van der Waals surface area contributed by atoms with E-state index in [1.54, 1.807) is 0 Å². The van der Waals surface area contributed by atoms with Gasteiger partial charge in [0.15, 0.2) is 0 Å². The summed E-state index contributed by atoms with van der Waals surface area (Å²) < 4.78 is 6.78. The summed E-state index contributed by atoms with van der Waals surface area (Å²) in [7, 11) is 0. The van der Waals surface area contributed by atoms with Gasteiger partial charge in [-0.3, -0.25) is 4.90 Å². The number of carbonyl (C=O) groups is 1. The van der Waals surface area contributed by atoms with E-state index < -0.39 is 5.60 Å². The minimum atomic E-state index is -0.432. The molecule has 4 rings (SSSR count). The van der Waals surface area contributed by atoms with E-state index in [9.17, 15) is 4.79 Å². The van der Waals surface area contributed by atoms with E-state index in [2.05, 4.69) is 44.8 Å². The number of nitrogens with one attached hydrogen (secondary N) is 1. The van der Waals surface area contributed by atoms with Gasteiger partial charge in [-0.2, -0.15) is 0 Å². The van der Waals surface area contributed by atoms with Gasteiger partial charge in [0.2, 0.25) is 0 Å². The number of piperazine rings is 1. The molecule has 1 saturated carbocycles.